The first kappa shape index (κ1) is 11.3. The van der Waals surface area contributed by atoms with Gasteiger partial charge in [0.1, 0.15) is 0 Å². The van der Waals surface area contributed by atoms with Crippen LogP contribution >= 0.6 is 0 Å². The number of ether oxygens (including phenoxy) is 1. The molecule has 15 heavy (non-hydrogen) atoms. The first-order valence-corrected chi connectivity index (χ1v) is 6.16. The van der Waals surface area contributed by atoms with E-state index >= 15 is 0 Å². The average molecular weight is 213 g/mol. The van der Waals surface area contributed by atoms with Gasteiger partial charge >= 0.3 is 0 Å². The second-order valence-corrected chi connectivity index (χ2v) is 4.67. The highest BCUT2D eigenvalue weighted by molar-refractivity contribution is 4.79. The molecule has 2 atom stereocenters. The van der Waals surface area contributed by atoms with Gasteiger partial charge in [0.15, 0.2) is 0 Å². The summed E-state index contributed by atoms with van der Waals surface area (Å²) in [5.74, 6) is 0. The molecule has 2 fully saturated rings. The van der Waals surface area contributed by atoms with Crippen molar-refractivity contribution in [3.63, 3.8) is 0 Å². The lowest BCUT2D eigenvalue weighted by Crippen LogP contribution is -2.50. The molecule has 2 heterocycles. The first-order chi connectivity index (χ1) is 7.34. The summed E-state index contributed by atoms with van der Waals surface area (Å²) < 4.78 is 5.35. The minimum atomic E-state index is 0.207. The van der Waals surface area contributed by atoms with Gasteiger partial charge in [-0.3, -0.25) is 10.2 Å². The van der Waals surface area contributed by atoms with Crippen molar-refractivity contribution in [3.05, 3.63) is 0 Å². The van der Waals surface area contributed by atoms with Crippen LogP contribution in [0, 0.1) is 0 Å². The highest BCUT2D eigenvalue weighted by Crippen LogP contribution is 2.12. The summed E-state index contributed by atoms with van der Waals surface area (Å²) in [5, 5.41) is 3.52. The third-order valence-corrected chi connectivity index (χ3v) is 3.35. The molecule has 2 aliphatic rings. The van der Waals surface area contributed by atoms with E-state index in [1.54, 1.807) is 0 Å². The zero-order chi connectivity index (χ0) is 10.5. The van der Waals surface area contributed by atoms with Gasteiger partial charge in [-0.05, 0) is 12.8 Å². The van der Waals surface area contributed by atoms with Crippen LogP contribution in [-0.2, 0) is 4.74 Å². The third kappa shape index (κ3) is 3.72. The summed E-state index contributed by atoms with van der Waals surface area (Å²) in [6.07, 6.45) is 5.19. The van der Waals surface area contributed by atoms with Crippen molar-refractivity contribution >= 4 is 0 Å². The van der Waals surface area contributed by atoms with Gasteiger partial charge in [0.05, 0.1) is 19.4 Å². The van der Waals surface area contributed by atoms with E-state index < -0.39 is 0 Å². The minimum Gasteiger partial charge on any atom is -0.379 e. The molecule has 0 amide bonds. The Morgan fingerprint density at radius 1 is 1.20 bits per heavy atom. The first-order valence-electron chi connectivity index (χ1n) is 6.16. The number of nitrogens with zero attached hydrogens (tertiary/aromatic N) is 1. The van der Waals surface area contributed by atoms with E-state index in [0.29, 0.717) is 6.04 Å². The molecule has 2 rings (SSSR count). The maximum absolute atomic E-state index is 5.98. The second-order valence-electron chi connectivity index (χ2n) is 4.67. The van der Waals surface area contributed by atoms with Gasteiger partial charge in [-0.25, -0.2) is 0 Å². The lowest BCUT2D eigenvalue weighted by atomic mass is 10.1. The van der Waals surface area contributed by atoms with Crippen LogP contribution in [0.2, 0.25) is 0 Å². The quantitative estimate of drug-likeness (QED) is 0.685. The molecule has 0 saturated carbocycles. The molecule has 3 N–H and O–H groups in total. The van der Waals surface area contributed by atoms with Crippen molar-refractivity contribution in [1.82, 2.24) is 10.2 Å². The van der Waals surface area contributed by atoms with Gasteiger partial charge in [0.2, 0.25) is 0 Å². The van der Waals surface area contributed by atoms with E-state index in [4.69, 9.17) is 10.5 Å². The van der Waals surface area contributed by atoms with Gasteiger partial charge < -0.3 is 10.5 Å². The SMILES string of the molecule is NC1CCCCC(CN2CCOCC2)N1. The van der Waals surface area contributed by atoms with E-state index in [2.05, 4.69) is 10.2 Å². The number of hydrogen-bond acceptors (Lipinski definition) is 4. The standard InChI is InChI=1S/C11H23N3O/c12-11-4-2-1-3-10(13-11)9-14-5-7-15-8-6-14/h10-11,13H,1-9,12H2. The molecular formula is C11H23N3O. The summed E-state index contributed by atoms with van der Waals surface area (Å²) in [4.78, 5) is 2.49. The smallest absolute Gasteiger partial charge is 0.0594 e. The minimum absolute atomic E-state index is 0.207. The topological polar surface area (TPSA) is 50.5 Å². The fourth-order valence-corrected chi connectivity index (χ4v) is 2.46. The summed E-state index contributed by atoms with van der Waals surface area (Å²) >= 11 is 0. The predicted molar refractivity (Wildman–Crippen MR) is 60.6 cm³/mol. The molecule has 4 heteroatoms. The Labute approximate surface area is 92.1 Å². The van der Waals surface area contributed by atoms with Crippen molar-refractivity contribution in [1.29, 1.82) is 0 Å². The molecule has 4 nitrogen and oxygen atoms in total. The molecule has 2 unspecified atom stereocenters. The molecule has 88 valence electrons. The maximum atomic E-state index is 5.98. The third-order valence-electron chi connectivity index (χ3n) is 3.35. The second kappa shape index (κ2) is 5.80. The number of nitrogens with one attached hydrogen (secondary N) is 1. The zero-order valence-electron chi connectivity index (χ0n) is 9.45. The molecular weight excluding hydrogens is 190 g/mol. The summed E-state index contributed by atoms with van der Waals surface area (Å²) in [6, 6.07) is 0.584. The Bertz CT molecular complexity index is 183. The monoisotopic (exact) mass is 213 g/mol. The largest absolute Gasteiger partial charge is 0.379 e. The van der Waals surface area contributed by atoms with Crippen LogP contribution in [0.25, 0.3) is 0 Å². The molecule has 0 bridgehead atoms. The molecule has 0 aliphatic carbocycles. The maximum Gasteiger partial charge on any atom is 0.0594 e. The highest BCUT2D eigenvalue weighted by Gasteiger charge is 2.20. The fraction of sp³-hybridized carbons (Fsp3) is 1.00. The van der Waals surface area contributed by atoms with Gasteiger partial charge in [0, 0.05) is 25.7 Å². The van der Waals surface area contributed by atoms with Crippen LogP contribution < -0.4 is 11.1 Å². The van der Waals surface area contributed by atoms with Crippen LogP contribution in [-0.4, -0.2) is 50.0 Å². The van der Waals surface area contributed by atoms with Crippen molar-refractivity contribution in [2.45, 2.75) is 37.9 Å². The zero-order valence-corrected chi connectivity index (χ0v) is 9.45. The van der Waals surface area contributed by atoms with E-state index in [0.717, 1.165) is 39.3 Å². The van der Waals surface area contributed by atoms with Crippen LogP contribution in [0.15, 0.2) is 0 Å². The van der Waals surface area contributed by atoms with Gasteiger partial charge in [-0.15, -0.1) is 0 Å². The summed E-state index contributed by atoms with van der Waals surface area (Å²) in [5.41, 5.74) is 5.98. The summed E-state index contributed by atoms with van der Waals surface area (Å²) in [7, 11) is 0. The Morgan fingerprint density at radius 3 is 2.73 bits per heavy atom. The normalized spacial score (nSPS) is 35.0. The number of hydrogen-bond donors (Lipinski definition) is 2. The molecule has 0 aromatic rings. The van der Waals surface area contributed by atoms with Gasteiger partial charge in [-0.2, -0.15) is 0 Å². The lowest BCUT2D eigenvalue weighted by Gasteiger charge is -2.31. The summed E-state index contributed by atoms with van der Waals surface area (Å²) in [6.45, 7) is 5.06. The van der Waals surface area contributed by atoms with Crippen molar-refractivity contribution < 1.29 is 4.74 Å². The molecule has 0 radical (unpaired) electrons. The van der Waals surface area contributed by atoms with Crippen LogP contribution in [0.5, 0.6) is 0 Å². The molecule has 0 aromatic carbocycles. The van der Waals surface area contributed by atoms with E-state index in [1.807, 2.05) is 0 Å². The van der Waals surface area contributed by atoms with Crippen LogP contribution in [0.3, 0.4) is 0 Å². The van der Waals surface area contributed by atoms with Crippen LogP contribution in [0.4, 0.5) is 0 Å². The number of morpholine rings is 1. The number of nitrogens with two attached hydrogens (primary N) is 1. The Hall–Kier alpha value is -0.160. The van der Waals surface area contributed by atoms with E-state index in [9.17, 15) is 0 Å². The van der Waals surface area contributed by atoms with E-state index in [1.165, 1.54) is 19.3 Å². The van der Waals surface area contributed by atoms with Gasteiger partial charge in [-0.1, -0.05) is 12.8 Å². The van der Waals surface area contributed by atoms with Crippen molar-refractivity contribution in [2.75, 3.05) is 32.8 Å². The molecule has 2 aliphatic heterocycles. The fourth-order valence-electron chi connectivity index (χ4n) is 2.46. The molecule has 2 saturated heterocycles. The highest BCUT2D eigenvalue weighted by atomic mass is 16.5. The number of rotatable bonds is 2. The molecule has 0 aromatic heterocycles. The van der Waals surface area contributed by atoms with Crippen LogP contribution in [0.1, 0.15) is 25.7 Å². The Balaban J connectivity index is 1.76. The Kier molecular flexibility index (Phi) is 4.38. The van der Waals surface area contributed by atoms with E-state index in [-0.39, 0.29) is 6.17 Å². The van der Waals surface area contributed by atoms with Crippen molar-refractivity contribution in [2.24, 2.45) is 5.73 Å². The lowest BCUT2D eigenvalue weighted by molar-refractivity contribution is 0.0328. The Morgan fingerprint density at radius 2 is 1.93 bits per heavy atom. The van der Waals surface area contributed by atoms with Gasteiger partial charge in [0.25, 0.3) is 0 Å². The molecule has 0 spiro atoms. The predicted octanol–water partition coefficient (Wildman–Crippen LogP) is 0.136. The average Bonchev–Trinajstić information content (AvgIpc) is 2.44. The van der Waals surface area contributed by atoms with Crippen molar-refractivity contribution in [3.8, 4) is 0 Å².